The molecule has 0 bridgehead atoms. The summed E-state index contributed by atoms with van der Waals surface area (Å²) in [6, 6.07) is 21.9. The molecule has 0 unspecified atom stereocenters. The molecule has 2 heterocycles. The quantitative estimate of drug-likeness (QED) is 0.415. The van der Waals surface area contributed by atoms with Crippen molar-refractivity contribution in [3.63, 3.8) is 0 Å². The molecular weight excluding hydrogens is 434 g/mol. The fraction of sp³-hybridized carbons (Fsp3) is 0.148. The Morgan fingerprint density at radius 1 is 0.824 bits per heavy atom. The first-order chi connectivity index (χ1) is 16.6. The summed E-state index contributed by atoms with van der Waals surface area (Å²) < 4.78 is 28.4. The van der Waals surface area contributed by atoms with Crippen LogP contribution in [-0.2, 0) is 11.3 Å². The number of amides is 1. The van der Waals surface area contributed by atoms with Crippen LogP contribution in [0.3, 0.4) is 0 Å². The Bertz CT molecular complexity index is 1330. The maximum Gasteiger partial charge on any atom is 0.244 e. The van der Waals surface area contributed by atoms with E-state index in [0.29, 0.717) is 35.9 Å². The predicted octanol–water partition coefficient (Wildman–Crippen LogP) is 5.21. The first kappa shape index (κ1) is 21.7. The molecule has 0 N–H and O–H groups in total. The highest BCUT2D eigenvalue weighted by molar-refractivity contribution is 5.79. The lowest BCUT2D eigenvalue weighted by atomic mass is 9.99. The van der Waals surface area contributed by atoms with Crippen molar-refractivity contribution in [1.82, 2.24) is 19.7 Å². The maximum atomic E-state index is 13.5. The monoisotopic (exact) mass is 456 g/mol. The van der Waals surface area contributed by atoms with Crippen LogP contribution in [0.5, 0.6) is 0 Å². The fourth-order valence-corrected chi connectivity index (χ4v) is 4.02. The highest BCUT2D eigenvalue weighted by atomic mass is 19.1. The summed E-state index contributed by atoms with van der Waals surface area (Å²) in [6.45, 7) is 1.13. The lowest BCUT2D eigenvalue weighted by Crippen LogP contribution is -2.37. The van der Waals surface area contributed by atoms with E-state index in [2.05, 4.69) is 28.3 Å². The zero-order valence-electron chi connectivity index (χ0n) is 18.4. The van der Waals surface area contributed by atoms with Gasteiger partial charge in [-0.15, -0.1) is 5.10 Å². The van der Waals surface area contributed by atoms with Gasteiger partial charge in [0.05, 0.1) is 0 Å². The third-order valence-electron chi connectivity index (χ3n) is 5.87. The van der Waals surface area contributed by atoms with Crippen molar-refractivity contribution in [2.45, 2.75) is 13.0 Å². The largest absolute Gasteiger partial charge is 0.337 e. The Balaban J connectivity index is 1.40. The van der Waals surface area contributed by atoms with E-state index in [4.69, 9.17) is 0 Å². The molecule has 5 rings (SSSR count). The molecule has 0 aliphatic carbocycles. The number of nitrogens with zero attached hydrogens (tertiary/aromatic N) is 4. The molecule has 1 aliphatic heterocycles. The summed E-state index contributed by atoms with van der Waals surface area (Å²) in [7, 11) is 0. The molecule has 5 nitrogen and oxygen atoms in total. The summed E-state index contributed by atoms with van der Waals surface area (Å²) >= 11 is 0. The lowest BCUT2D eigenvalue weighted by Gasteiger charge is -2.27. The van der Waals surface area contributed by atoms with Crippen LogP contribution in [0.2, 0.25) is 0 Å². The van der Waals surface area contributed by atoms with Crippen LogP contribution in [0.25, 0.3) is 28.3 Å². The van der Waals surface area contributed by atoms with Crippen LogP contribution in [-0.4, -0.2) is 38.7 Å². The summed E-state index contributed by atoms with van der Waals surface area (Å²) in [4.78, 5) is 19.5. The van der Waals surface area contributed by atoms with Crippen LogP contribution in [0.15, 0.2) is 84.9 Å². The third-order valence-corrected chi connectivity index (χ3v) is 5.87. The van der Waals surface area contributed by atoms with Crippen LogP contribution in [0.4, 0.5) is 8.78 Å². The molecule has 34 heavy (non-hydrogen) atoms. The van der Waals surface area contributed by atoms with E-state index in [9.17, 15) is 13.6 Å². The molecule has 170 valence electrons. The summed E-state index contributed by atoms with van der Waals surface area (Å²) in [6.07, 6.45) is 2.86. The van der Waals surface area contributed by atoms with Gasteiger partial charge in [-0.05, 0) is 66.1 Å². The van der Waals surface area contributed by atoms with Crippen LogP contribution >= 0.6 is 0 Å². The average Bonchev–Trinajstić information content (AvgIpc) is 3.29. The van der Waals surface area contributed by atoms with Crippen LogP contribution in [0, 0.1) is 11.6 Å². The molecule has 0 fully saturated rings. The minimum absolute atomic E-state index is 0.00455. The summed E-state index contributed by atoms with van der Waals surface area (Å²) in [5, 5.41) is 4.53. The van der Waals surface area contributed by atoms with E-state index in [1.807, 2.05) is 18.2 Å². The van der Waals surface area contributed by atoms with Crippen LogP contribution in [0.1, 0.15) is 12.0 Å². The number of benzene rings is 3. The number of rotatable bonds is 5. The first-order valence-electron chi connectivity index (χ1n) is 11.1. The molecule has 0 saturated carbocycles. The zero-order chi connectivity index (χ0) is 23.5. The molecule has 0 radical (unpaired) electrons. The Morgan fingerprint density at radius 2 is 1.47 bits per heavy atom. The molecule has 1 amide bonds. The van der Waals surface area contributed by atoms with E-state index in [1.54, 1.807) is 29.2 Å². The van der Waals surface area contributed by atoms with Gasteiger partial charge in [-0.3, -0.25) is 4.79 Å². The molecule has 4 aromatic rings. The van der Waals surface area contributed by atoms with Crippen molar-refractivity contribution in [3.05, 3.63) is 102 Å². The third kappa shape index (κ3) is 4.64. The smallest absolute Gasteiger partial charge is 0.244 e. The van der Waals surface area contributed by atoms with Crippen molar-refractivity contribution in [3.8, 4) is 22.8 Å². The predicted molar refractivity (Wildman–Crippen MR) is 126 cm³/mol. The Morgan fingerprint density at radius 3 is 2.09 bits per heavy atom. The van der Waals surface area contributed by atoms with E-state index < -0.39 is 0 Å². The van der Waals surface area contributed by atoms with Crippen molar-refractivity contribution < 1.29 is 13.6 Å². The summed E-state index contributed by atoms with van der Waals surface area (Å²) in [5.74, 6) is 0.0219. The second kappa shape index (κ2) is 9.39. The number of aromatic nitrogens is 3. The highest BCUT2D eigenvalue weighted by Gasteiger charge is 2.21. The van der Waals surface area contributed by atoms with E-state index in [-0.39, 0.29) is 24.1 Å². The van der Waals surface area contributed by atoms with E-state index in [0.717, 1.165) is 6.42 Å². The van der Waals surface area contributed by atoms with E-state index >= 15 is 0 Å². The zero-order valence-corrected chi connectivity index (χ0v) is 18.4. The van der Waals surface area contributed by atoms with Gasteiger partial charge >= 0.3 is 0 Å². The number of halogens is 2. The number of carbonyl (C=O) groups is 1. The molecule has 7 heteroatoms. The first-order valence-corrected chi connectivity index (χ1v) is 11.1. The van der Waals surface area contributed by atoms with Gasteiger partial charge in [0.1, 0.15) is 18.2 Å². The topological polar surface area (TPSA) is 51.0 Å². The highest BCUT2D eigenvalue weighted by Crippen LogP contribution is 2.25. The lowest BCUT2D eigenvalue weighted by molar-refractivity contribution is -0.131. The molecule has 0 saturated heterocycles. The average molecular weight is 456 g/mol. The molecule has 1 aromatic heterocycles. The molecule has 0 atom stereocenters. The number of hydrogen-bond donors (Lipinski definition) is 0. The molecule has 0 spiro atoms. The van der Waals surface area contributed by atoms with Gasteiger partial charge < -0.3 is 4.90 Å². The van der Waals surface area contributed by atoms with Gasteiger partial charge in [0.15, 0.2) is 11.6 Å². The Kier molecular flexibility index (Phi) is 5.99. The normalized spacial score (nSPS) is 13.6. The standard InChI is InChI=1S/C27H22F2N4O/c28-23-10-6-21(7-11-23)26-30-27(22-8-12-24(29)13-9-22)33(31-26)18-25(34)32-16-14-20(15-17-32)19-4-2-1-3-5-19/h1-14H,15-18H2. The van der Waals surface area contributed by atoms with Gasteiger partial charge in [-0.1, -0.05) is 36.4 Å². The maximum absolute atomic E-state index is 13.5. The molecule has 3 aromatic carbocycles. The van der Waals surface area contributed by atoms with Crippen molar-refractivity contribution in [2.75, 3.05) is 13.1 Å². The second-order valence-corrected chi connectivity index (χ2v) is 8.12. The van der Waals surface area contributed by atoms with Gasteiger partial charge in [-0.25, -0.2) is 18.4 Å². The number of carbonyl (C=O) groups excluding carboxylic acids is 1. The minimum Gasteiger partial charge on any atom is -0.337 e. The van der Waals surface area contributed by atoms with Gasteiger partial charge in [0, 0.05) is 24.2 Å². The van der Waals surface area contributed by atoms with Crippen molar-refractivity contribution in [1.29, 1.82) is 0 Å². The molecular formula is C27H22F2N4O. The minimum atomic E-state index is -0.362. The molecule has 1 aliphatic rings. The van der Waals surface area contributed by atoms with Gasteiger partial charge in [0.25, 0.3) is 0 Å². The Hall–Kier alpha value is -4.13. The van der Waals surface area contributed by atoms with Crippen LogP contribution < -0.4 is 0 Å². The summed E-state index contributed by atoms with van der Waals surface area (Å²) in [5.41, 5.74) is 3.67. The van der Waals surface area contributed by atoms with E-state index in [1.165, 1.54) is 40.1 Å². The number of hydrogen-bond acceptors (Lipinski definition) is 3. The Labute approximate surface area is 196 Å². The van der Waals surface area contributed by atoms with Gasteiger partial charge in [0.2, 0.25) is 5.91 Å². The van der Waals surface area contributed by atoms with Crippen molar-refractivity contribution in [2.24, 2.45) is 0 Å². The SMILES string of the molecule is O=C(Cn1nc(-c2ccc(F)cc2)nc1-c1ccc(F)cc1)N1CC=C(c2ccccc2)CC1. The van der Waals surface area contributed by atoms with Crippen molar-refractivity contribution >= 4 is 11.5 Å². The fourth-order valence-electron chi connectivity index (χ4n) is 4.02. The van der Waals surface area contributed by atoms with Gasteiger partial charge in [-0.2, -0.15) is 0 Å². The second-order valence-electron chi connectivity index (χ2n) is 8.12.